The predicted octanol–water partition coefficient (Wildman–Crippen LogP) is 31.7. The lowest BCUT2D eigenvalue weighted by Gasteiger charge is -2.46. The highest BCUT2D eigenvalue weighted by Crippen LogP contribution is 2.55. The zero-order valence-electron chi connectivity index (χ0n) is 73.2. The van der Waals surface area contributed by atoms with Gasteiger partial charge in [-0.1, -0.05) is 332 Å². The van der Waals surface area contributed by atoms with E-state index in [9.17, 15) is 0 Å². The fourth-order valence-electron chi connectivity index (χ4n) is 19.5. The summed E-state index contributed by atoms with van der Waals surface area (Å²) in [6, 6.07) is 148. The van der Waals surface area contributed by atoms with Crippen LogP contribution in [0.15, 0.2) is 388 Å². The number of hydrogen-bond acceptors (Lipinski definition) is 5. The summed E-state index contributed by atoms with van der Waals surface area (Å²) in [6.07, 6.45) is 0. The van der Waals surface area contributed by atoms with E-state index >= 15 is 0 Å². The molecule has 0 N–H and O–H groups in total. The van der Waals surface area contributed by atoms with Gasteiger partial charge in [0.2, 0.25) is 0 Å². The molecule has 2 aliphatic rings. The molecule has 0 amide bonds. The zero-order valence-corrected chi connectivity index (χ0v) is 74.0. The average molecular weight is 1630 g/mol. The highest BCUT2D eigenvalue weighted by atomic mass is 32.1. The number of hydrogen-bond donors (Lipinski definition) is 0. The number of nitrogens with zero attached hydrogens (tertiary/aromatic N) is 5. The second-order valence-corrected chi connectivity index (χ2v) is 39.2. The molecule has 21 rings (SSSR count). The van der Waals surface area contributed by atoms with Crippen LogP contribution in [0.1, 0.15) is 105 Å². The van der Waals surface area contributed by atoms with Crippen LogP contribution in [0.5, 0.6) is 0 Å². The molecule has 19 aromatic rings. The van der Waals surface area contributed by atoms with Gasteiger partial charge in [0.1, 0.15) is 0 Å². The highest BCUT2D eigenvalue weighted by Gasteiger charge is 2.46. The number of aromatic nitrogens is 1. The maximum atomic E-state index is 2.69. The van der Waals surface area contributed by atoms with Crippen molar-refractivity contribution in [2.24, 2.45) is 0 Å². The molecule has 0 bridgehead atoms. The van der Waals surface area contributed by atoms with Crippen LogP contribution in [0.2, 0.25) is 0 Å². The molecule has 2 aliphatic heterocycles. The molecule has 0 aliphatic carbocycles. The normalized spacial score (nSPS) is 12.8. The summed E-state index contributed by atoms with van der Waals surface area (Å²) in [6.45, 7) is 27.6. The maximum absolute atomic E-state index is 2.69. The van der Waals surface area contributed by atoms with Crippen LogP contribution >= 0.6 is 11.3 Å². The van der Waals surface area contributed by atoms with Crippen molar-refractivity contribution in [1.29, 1.82) is 0 Å². The largest absolute Gasteiger partial charge is 0.311 e. The Morgan fingerprint density at radius 3 is 1.06 bits per heavy atom. The fraction of sp³-hybridized carbons (Fsp3) is 0.136. The zero-order chi connectivity index (χ0) is 85.4. The Morgan fingerprint density at radius 1 is 0.240 bits per heavy atom. The minimum atomic E-state index is -0.297. The molecule has 0 atom stereocenters. The summed E-state index contributed by atoms with van der Waals surface area (Å²) in [5.74, 6) is 0. The molecule has 4 heterocycles. The van der Waals surface area contributed by atoms with Crippen molar-refractivity contribution < 1.29 is 0 Å². The van der Waals surface area contributed by atoms with E-state index < -0.39 is 0 Å². The molecule has 0 fully saturated rings. The third kappa shape index (κ3) is 13.8. The van der Waals surface area contributed by atoms with Crippen molar-refractivity contribution >= 4 is 145 Å². The van der Waals surface area contributed by atoms with Crippen LogP contribution in [0, 0.1) is 0 Å². The Labute approximate surface area is 740 Å². The smallest absolute Gasteiger partial charge is 0.252 e. The highest BCUT2D eigenvalue weighted by molar-refractivity contribution is 7.26. The molecular formula is C118H100BN5S. The summed E-state index contributed by atoms with van der Waals surface area (Å²) in [7, 11) is 0. The number of para-hydroxylation sites is 3. The molecule has 0 radical (unpaired) electrons. The minimum Gasteiger partial charge on any atom is -0.311 e. The first kappa shape index (κ1) is 78.3. The molecular weight excluding hydrogens is 1530 g/mol. The van der Waals surface area contributed by atoms with Crippen molar-refractivity contribution in [3.05, 3.63) is 411 Å². The van der Waals surface area contributed by atoms with Crippen LogP contribution in [0.4, 0.5) is 68.2 Å². The van der Waals surface area contributed by atoms with Crippen molar-refractivity contribution in [2.45, 2.75) is 105 Å². The van der Waals surface area contributed by atoms with E-state index in [1.54, 1.807) is 0 Å². The third-order valence-corrected chi connectivity index (χ3v) is 27.1. The van der Waals surface area contributed by atoms with Gasteiger partial charge in [-0.2, -0.15) is 0 Å². The van der Waals surface area contributed by atoms with Gasteiger partial charge >= 0.3 is 0 Å². The Bertz CT molecular complexity index is 7180. The second-order valence-electron chi connectivity index (χ2n) is 38.1. The molecule has 5 nitrogen and oxygen atoms in total. The summed E-state index contributed by atoms with van der Waals surface area (Å²) in [5.41, 5.74) is 36.0. The number of rotatable bonds is 14. The Balaban J connectivity index is 0.920. The van der Waals surface area contributed by atoms with E-state index in [1.807, 2.05) is 11.3 Å². The predicted molar refractivity (Wildman–Crippen MR) is 539 cm³/mol. The molecule has 0 unspecified atom stereocenters. The lowest BCUT2D eigenvalue weighted by Crippen LogP contribution is -2.61. The van der Waals surface area contributed by atoms with Crippen LogP contribution in [-0.4, -0.2) is 11.3 Å². The molecule has 2 aromatic heterocycles. The minimum absolute atomic E-state index is 0.0570. The van der Waals surface area contributed by atoms with E-state index in [-0.39, 0.29) is 28.4 Å². The first-order valence-corrected chi connectivity index (χ1v) is 44.9. The van der Waals surface area contributed by atoms with Crippen molar-refractivity contribution in [3.63, 3.8) is 0 Å². The monoisotopic (exact) mass is 1630 g/mol. The van der Waals surface area contributed by atoms with Gasteiger partial charge in [-0.05, 0) is 233 Å². The Hall–Kier alpha value is -14.0. The third-order valence-electron chi connectivity index (χ3n) is 26.0. The van der Waals surface area contributed by atoms with Gasteiger partial charge in [-0.25, -0.2) is 0 Å². The quantitative estimate of drug-likeness (QED) is 0.101. The van der Waals surface area contributed by atoms with Gasteiger partial charge in [-0.3, -0.25) is 0 Å². The van der Waals surface area contributed by atoms with Crippen LogP contribution in [-0.2, 0) is 21.7 Å². The number of anilines is 12. The molecule has 0 saturated heterocycles. The lowest BCUT2D eigenvalue weighted by molar-refractivity contribution is 0.590. The molecule has 7 heteroatoms. The molecule has 0 saturated carbocycles. The number of benzene rings is 17. The summed E-state index contributed by atoms with van der Waals surface area (Å²) < 4.78 is 5.13. The van der Waals surface area contributed by atoms with E-state index in [2.05, 4.69) is 495 Å². The van der Waals surface area contributed by atoms with Crippen molar-refractivity contribution in [2.75, 3.05) is 19.6 Å². The van der Waals surface area contributed by atoms with Gasteiger partial charge in [-0.15, -0.1) is 11.3 Å². The summed E-state index contributed by atoms with van der Waals surface area (Å²) >= 11 is 1.88. The van der Waals surface area contributed by atoms with Crippen LogP contribution in [0.3, 0.4) is 0 Å². The number of thiophene rings is 1. The van der Waals surface area contributed by atoms with E-state index in [4.69, 9.17) is 0 Å². The topological polar surface area (TPSA) is 17.9 Å². The fourth-order valence-corrected chi connectivity index (χ4v) is 20.6. The summed E-state index contributed by atoms with van der Waals surface area (Å²) in [5, 5.41) is 4.94. The molecule has 0 spiro atoms. The second kappa shape index (κ2) is 30.5. The van der Waals surface area contributed by atoms with E-state index in [0.29, 0.717) is 0 Å². The van der Waals surface area contributed by atoms with Gasteiger partial charge in [0, 0.05) is 110 Å². The van der Waals surface area contributed by atoms with Crippen molar-refractivity contribution in [3.8, 4) is 61.3 Å². The summed E-state index contributed by atoms with van der Waals surface area (Å²) in [4.78, 5) is 10.3. The van der Waals surface area contributed by atoms with Gasteiger partial charge in [0.25, 0.3) is 6.71 Å². The average Bonchev–Trinajstić information content (AvgIpc) is 0.952. The van der Waals surface area contributed by atoms with Crippen molar-refractivity contribution in [1.82, 2.24) is 4.57 Å². The van der Waals surface area contributed by atoms with Gasteiger partial charge < -0.3 is 24.2 Å². The SMILES string of the molecule is CC(C)(C)c1ccc(N(c2ccc(C(C)(C)C)cc2)c2ccc3c(c2)N(c2ccc(C(C)(C)C)cc2-c2ccccc2)c2cc(-c4ccc5c(c4)c4c6c(ccc4n5-c4c(-c5ccccc5)cccc4-c4ccccc4)sc4ccccc46)cc4c2B3c2ccc(N(c3ccccc3)c3ccccc3)cc2N4c2ccc(C(C)(C)C)cc2-c2ccccc2)cc1. The van der Waals surface area contributed by atoms with Crippen LogP contribution < -0.4 is 36.0 Å². The Morgan fingerprint density at radius 2 is 0.624 bits per heavy atom. The first-order valence-electron chi connectivity index (χ1n) is 44.1. The van der Waals surface area contributed by atoms with Gasteiger partial charge in [0.05, 0.1) is 28.1 Å². The standard InChI is InChI=1S/C118H100BN5S/c1-115(2,3)83-51-57-89(58-52-83)121(90-59-53-84(54-60-90)116(4,5)6)92-62-64-100-106(76-92)123(102-67-56-86(118(10,11)12)74-97(102)80-40-25-16-26-41-80)108-72-82(81-50-65-103-98(70-81)111-104(68-69-110-112(111)95-46-31-32-49-109(95)125-110)124(103)114-93(77-34-19-13-20-35-77)47-33-48-94(114)78-36-21-14-22-37-78)71-107-113(108)119(100)99-63-61-91(120(87-42-27-17-28-43-87)88-44-29-18-30-45-88)75-105(99)122(107)101-66-55-85(117(7,8)9)73-96(101)79-38-23-15-24-39-79/h13-76H,1-12H3. The van der Waals surface area contributed by atoms with Gasteiger partial charge in [0.15, 0.2) is 0 Å². The molecule has 606 valence electrons. The molecule has 125 heavy (non-hydrogen) atoms. The maximum Gasteiger partial charge on any atom is 0.252 e. The molecule has 17 aromatic carbocycles. The van der Waals surface area contributed by atoms with E-state index in [0.717, 1.165) is 141 Å². The van der Waals surface area contributed by atoms with Crippen LogP contribution in [0.25, 0.3) is 103 Å². The Kier molecular flexibility index (Phi) is 19.1. The van der Waals surface area contributed by atoms with E-state index in [1.165, 1.54) is 69.6 Å². The lowest BCUT2D eigenvalue weighted by atomic mass is 9.33. The number of fused-ring (bicyclic) bond motifs is 11. The first-order chi connectivity index (χ1) is 60.6.